The van der Waals surface area contributed by atoms with Crippen LogP contribution in [0.5, 0.6) is 0 Å². The van der Waals surface area contributed by atoms with E-state index in [4.69, 9.17) is 15.8 Å². The Morgan fingerprint density at radius 2 is 2.08 bits per heavy atom. The van der Waals surface area contributed by atoms with Crippen molar-refractivity contribution >= 4 is 59.5 Å². The topological polar surface area (TPSA) is 222 Å². The third-order valence-electron chi connectivity index (χ3n) is 5.09. The summed E-state index contributed by atoms with van der Waals surface area (Å²) in [5.74, 6) is -2.78. The first-order valence-corrected chi connectivity index (χ1v) is 14.4. The van der Waals surface area contributed by atoms with Crippen LogP contribution in [0.3, 0.4) is 0 Å². The molecule has 18 heteroatoms. The highest BCUT2D eigenvalue weighted by molar-refractivity contribution is 8.00. The molecule has 0 aliphatic carbocycles. The fourth-order valence-corrected chi connectivity index (χ4v) is 6.29. The molecule has 1 fully saturated rings. The third-order valence-corrected chi connectivity index (χ3v) is 7.77. The number of β-lactam (4-membered cyclic amide) rings is 1. The van der Waals surface area contributed by atoms with Gasteiger partial charge in [-0.05, 0) is 6.92 Å². The van der Waals surface area contributed by atoms with Gasteiger partial charge in [-0.25, -0.2) is 4.57 Å². The molecule has 2 amide bonds. The second-order valence-corrected chi connectivity index (χ2v) is 11.2. The molecule has 0 spiro atoms. The third kappa shape index (κ3) is 5.97. The predicted octanol–water partition coefficient (Wildman–Crippen LogP) is -1.89. The van der Waals surface area contributed by atoms with Gasteiger partial charge in [0, 0.05) is 35.0 Å². The number of rotatable bonds is 10. The van der Waals surface area contributed by atoms with Gasteiger partial charge in [0.2, 0.25) is 16.7 Å². The van der Waals surface area contributed by atoms with Crippen molar-refractivity contribution in [3.05, 3.63) is 47.7 Å². The predicted molar refractivity (Wildman–Crippen MR) is 131 cm³/mol. The molecule has 4 rings (SSSR count). The van der Waals surface area contributed by atoms with Crippen molar-refractivity contribution in [3.8, 4) is 0 Å². The first kappa shape index (κ1) is 26.7. The lowest BCUT2D eigenvalue weighted by Crippen LogP contribution is -2.71. The molecule has 0 saturated carbocycles. The zero-order valence-electron chi connectivity index (χ0n) is 19.3. The maximum Gasteiger partial charge on any atom is 0.299 e. The second-order valence-electron chi connectivity index (χ2n) is 7.75. The molecule has 4 heterocycles. The lowest BCUT2D eigenvalue weighted by molar-refractivity contribution is -0.689. The fraction of sp³-hybridized carbons (Fsp3) is 0.316. The minimum absolute atomic E-state index is 0.0124. The molecule has 1 saturated heterocycles. The number of hydrogen-bond donors (Lipinski definition) is 4. The average Bonchev–Trinajstić information content (AvgIpc) is 3.29. The number of carbonyl (C=O) groups is 3. The second kappa shape index (κ2) is 10.9. The summed E-state index contributed by atoms with van der Waals surface area (Å²) in [6.45, 7) is 2.04. The van der Waals surface area contributed by atoms with Crippen molar-refractivity contribution in [1.29, 1.82) is 0 Å². The van der Waals surface area contributed by atoms with Crippen LogP contribution in [0.4, 0.5) is 5.13 Å². The molecule has 2 aliphatic rings. The van der Waals surface area contributed by atoms with Crippen LogP contribution in [0.2, 0.25) is 0 Å². The Bertz CT molecular complexity index is 1330. The summed E-state index contributed by atoms with van der Waals surface area (Å²) in [5.41, 5.74) is 10.5. The Morgan fingerprint density at radius 3 is 2.73 bits per heavy atom. The number of amides is 2. The molecule has 2 aromatic heterocycles. The van der Waals surface area contributed by atoms with Crippen LogP contribution in [-0.2, 0) is 30.3 Å². The quantitative estimate of drug-likeness (QED) is 0.0813. The number of anilines is 1. The Balaban J connectivity index is 1.52. The molecule has 0 radical (unpaired) electrons. The van der Waals surface area contributed by atoms with E-state index in [-0.39, 0.29) is 35.5 Å². The number of hydrogen-bond acceptors (Lipinski definition) is 11. The Hall–Kier alpha value is -3.37. The molecule has 15 nitrogen and oxygen atoms in total. The van der Waals surface area contributed by atoms with Crippen molar-refractivity contribution in [2.24, 2.45) is 16.2 Å². The monoisotopic (exact) mass is 567 g/mol. The van der Waals surface area contributed by atoms with E-state index in [1.54, 1.807) is 36.0 Å². The van der Waals surface area contributed by atoms with Crippen LogP contribution in [0.25, 0.3) is 0 Å². The van der Waals surface area contributed by atoms with Gasteiger partial charge in [0.1, 0.15) is 18.0 Å². The van der Waals surface area contributed by atoms with E-state index >= 15 is 0 Å². The molecular weight excluding hydrogens is 545 g/mol. The van der Waals surface area contributed by atoms with Gasteiger partial charge in [0.25, 0.3) is 19.4 Å². The van der Waals surface area contributed by atoms with Crippen molar-refractivity contribution < 1.29 is 33.5 Å². The number of carboxylic acids is 1. The van der Waals surface area contributed by atoms with E-state index in [0.717, 1.165) is 16.4 Å². The van der Waals surface area contributed by atoms with E-state index in [0.29, 0.717) is 11.3 Å². The van der Waals surface area contributed by atoms with Crippen LogP contribution in [0.1, 0.15) is 12.7 Å². The lowest BCUT2D eigenvalue weighted by Gasteiger charge is -2.50. The highest BCUT2D eigenvalue weighted by atomic mass is 32.2. The first-order chi connectivity index (χ1) is 17.6. The van der Waals surface area contributed by atoms with E-state index in [9.17, 15) is 24.1 Å². The van der Waals surface area contributed by atoms with E-state index in [1.807, 2.05) is 6.07 Å². The summed E-state index contributed by atoms with van der Waals surface area (Å²) in [5, 5.41) is 19.9. The number of thioether (sulfide) groups is 1. The van der Waals surface area contributed by atoms with E-state index in [2.05, 4.69) is 24.9 Å². The largest absolute Gasteiger partial charge is 0.543 e. The van der Waals surface area contributed by atoms with Gasteiger partial charge in [-0.3, -0.25) is 35.1 Å². The average molecular weight is 568 g/mol. The Labute approximate surface area is 218 Å². The fourth-order valence-electron chi connectivity index (χ4n) is 3.59. The van der Waals surface area contributed by atoms with Crippen LogP contribution in [0, 0.1) is 0 Å². The van der Waals surface area contributed by atoms with E-state index < -0.39 is 36.8 Å². The van der Waals surface area contributed by atoms with Gasteiger partial charge >= 0.3 is 0 Å². The number of nitrogens with one attached hydrogen (secondary N) is 2. The van der Waals surface area contributed by atoms with Gasteiger partial charge in [-0.2, -0.15) is 9.36 Å². The van der Waals surface area contributed by atoms with Crippen LogP contribution in [-0.4, -0.2) is 61.5 Å². The molecule has 196 valence electrons. The van der Waals surface area contributed by atoms with Crippen molar-refractivity contribution in [2.75, 3.05) is 17.4 Å². The highest BCUT2D eigenvalue weighted by Crippen LogP contribution is 2.40. The number of aliphatic carboxylic acids is 1. The molecule has 6 N–H and O–H groups in total. The molecular formula is C19H22N9O6PS2. The Morgan fingerprint density at radius 1 is 1.35 bits per heavy atom. The van der Waals surface area contributed by atoms with Crippen LogP contribution >= 0.6 is 30.9 Å². The summed E-state index contributed by atoms with van der Waals surface area (Å²) in [4.78, 5) is 48.1. The van der Waals surface area contributed by atoms with Gasteiger partial charge in [-0.1, -0.05) is 11.2 Å². The molecule has 2 aliphatic heterocycles. The summed E-state index contributed by atoms with van der Waals surface area (Å²) >= 11 is 2.05. The number of carboxylic acid groups (broad SMARTS) is 1. The molecule has 1 unspecified atom stereocenters. The molecule has 0 aromatic carbocycles. The summed E-state index contributed by atoms with van der Waals surface area (Å²) in [6, 6.07) is 4.41. The number of aromatic nitrogens is 3. The standard InChI is InChI=1S/C19H22N9O6PS2/c1-2-34-24-11(14-23-19(37-26-14)25-35(20,21)33)15(29)22-12-16(30)28-13(18(31)32)10(9-36-17(12)28)8-27-6-4-3-5-7-27/h3-7,12,17H,2,8-9H2,1H3,(H6-,20,21,22,23,25,26,29,31,32,33)/b24-11-/t12?,17-/m1/s1. The number of carbonyl (C=O) groups excluding carboxylic acids is 3. The van der Waals surface area contributed by atoms with Crippen molar-refractivity contribution in [3.63, 3.8) is 0 Å². The number of fused-ring (bicyclic) bond motifs is 1. The lowest BCUT2D eigenvalue weighted by atomic mass is 10.0. The summed E-state index contributed by atoms with van der Waals surface area (Å²) in [7, 11) is -3.66. The molecule has 2 atom stereocenters. The summed E-state index contributed by atoms with van der Waals surface area (Å²) < 4.78 is 17.4. The minimum Gasteiger partial charge on any atom is -0.543 e. The summed E-state index contributed by atoms with van der Waals surface area (Å²) in [6.07, 6.45) is 3.56. The number of nitrogens with two attached hydrogens (primary N) is 2. The van der Waals surface area contributed by atoms with Crippen molar-refractivity contribution in [2.45, 2.75) is 24.9 Å². The molecule has 37 heavy (non-hydrogen) atoms. The van der Waals surface area contributed by atoms with E-state index in [1.165, 1.54) is 11.8 Å². The zero-order valence-corrected chi connectivity index (χ0v) is 21.8. The highest BCUT2D eigenvalue weighted by Gasteiger charge is 2.53. The van der Waals surface area contributed by atoms with Gasteiger partial charge in [0.05, 0.1) is 11.7 Å². The zero-order chi connectivity index (χ0) is 26.7. The number of pyridine rings is 1. The van der Waals surface area contributed by atoms with Gasteiger partial charge < -0.3 is 20.1 Å². The maximum atomic E-state index is 13.0. The minimum atomic E-state index is -3.66. The molecule has 2 aromatic rings. The number of oxime groups is 1. The van der Waals surface area contributed by atoms with Crippen LogP contribution < -0.4 is 31.1 Å². The van der Waals surface area contributed by atoms with Gasteiger partial charge in [0.15, 0.2) is 18.9 Å². The Kier molecular flexibility index (Phi) is 7.89. The van der Waals surface area contributed by atoms with Crippen LogP contribution in [0.15, 0.2) is 47.0 Å². The SMILES string of the molecule is CCO/N=C(\C(=O)NC1C(=O)N2C(C(=O)[O-])=C(C[n+]3ccccc3)CS[C@H]12)c1nsc(NP(N)(N)=O)n1. The molecule has 0 bridgehead atoms. The first-order valence-electron chi connectivity index (χ1n) is 10.7. The smallest absolute Gasteiger partial charge is 0.299 e. The number of nitrogens with zero attached hydrogens (tertiary/aromatic N) is 5. The maximum absolute atomic E-state index is 13.0. The normalized spacial score (nSPS) is 19.7. The van der Waals surface area contributed by atoms with Gasteiger partial charge in [-0.15, -0.1) is 11.8 Å². The van der Waals surface area contributed by atoms with Crippen molar-refractivity contribution in [1.82, 2.24) is 19.6 Å².